The van der Waals surface area contributed by atoms with Gasteiger partial charge in [0.05, 0.1) is 7.11 Å². The van der Waals surface area contributed by atoms with Gasteiger partial charge in [0, 0.05) is 42.3 Å². The first-order valence-electron chi connectivity index (χ1n) is 9.08. The number of carbonyl (C=O) groups is 2. The van der Waals surface area contributed by atoms with Crippen molar-refractivity contribution in [1.82, 2.24) is 4.90 Å². The number of unbranched alkanes of at least 4 members (excludes halogenated alkanes) is 1. The highest BCUT2D eigenvalue weighted by atomic mass is 16.5. The lowest BCUT2D eigenvalue weighted by atomic mass is 9.90. The van der Waals surface area contributed by atoms with Gasteiger partial charge in [0.1, 0.15) is 11.5 Å². The molecule has 134 valence electrons. The smallest absolute Gasteiger partial charge is 0.253 e. The Bertz CT molecular complexity index is 681. The van der Waals surface area contributed by atoms with Crippen molar-refractivity contribution in [3.05, 3.63) is 42.5 Å². The van der Waals surface area contributed by atoms with Gasteiger partial charge >= 0.3 is 0 Å². The van der Waals surface area contributed by atoms with Gasteiger partial charge in [0.15, 0.2) is 0 Å². The number of methoxy groups -OCH3 is 1. The molecule has 25 heavy (non-hydrogen) atoms. The minimum absolute atomic E-state index is 0.0245. The first kappa shape index (κ1) is 17.7. The van der Waals surface area contributed by atoms with Crippen molar-refractivity contribution in [3.63, 3.8) is 0 Å². The van der Waals surface area contributed by atoms with Crippen molar-refractivity contribution >= 4 is 11.7 Å². The summed E-state index contributed by atoms with van der Waals surface area (Å²) in [4.78, 5) is 27.0. The fourth-order valence-corrected chi connectivity index (χ4v) is 4.31. The van der Waals surface area contributed by atoms with E-state index in [1.54, 1.807) is 31.4 Å². The first-order valence-corrected chi connectivity index (χ1v) is 9.08. The van der Waals surface area contributed by atoms with E-state index in [4.69, 9.17) is 4.74 Å². The molecule has 0 aromatic heterocycles. The van der Waals surface area contributed by atoms with Crippen molar-refractivity contribution in [1.29, 1.82) is 0 Å². The Morgan fingerprint density at radius 1 is 1.28 bits per heavy atom. The number of piperidine rings is 1. The van der Waals surface area contributed by atoms with E-state index in [1.165, 1.54) is 0 Å². The molecule has 0 radical (unpaired) electrons. The number of likely N-dealkylation sites (tertiary alicyclic amines) is 1. The average Bonchev–Trinajstić information content (AvgIpc) is 3.13. The Balaban J connectivity index is 1.70. The van der Waals surface area contributed by atoms with Crippen molar-refractivity contribution in [2.75, 3.05) is 20.2 Å². The first-order chi connectivity index (χ1) is 12.0. The van der Waals surface area contributed by atoms with Gasteiger partial charge in [-0.15, -0.1) is 6.58 Å². The van der Waals surface area contributed by atoms with Crippen LogP contribution in [0.4, 0.5) is 0 Å². The van der Waals surface area contributed by atoms with Crippen molar-refractivity contribution in [2.45, 2.75) is 39.0 Å². The summed E-state index contributed by atoms with van der Waals surface area (Å²) >= 11 is 0. The Hall–Kier alpha value is -2.10. The molecule has 3 rings (SSSR count). The number of ketones is 1. The summed E-state index contributed by atoms with van der Waals surface area (Å²) in [5, 5.41) is 0. The monoisotopic (exact) mass is 341 g/mol. The number of fused-ring (bicyclic) bond motifs is 1. The van der Waals surface area contributed by atoms with E-state index in [9.17, 15) is 9.59 Å². The highest BCUT2D eigenvalue weighted by Gasteiger charge is 2.71. The molecule has 2 aliphatic rings. The van der Waals surface area contributed by atoms with E-state index < -0.39 is 0 Å². The van der Waals surface area contributed by atoms with E-state index in [0.29, 0.717) is 37.3 Å². The maximum absolute atomic E-state index is 12.8. The molecule has 0 spiro atoms. The van der Waals surface area contributed by atoms with Crippen molar-refractivity contribution in [2.24, 2.45) is 10.8 Å². The summed E-state index contributed by atoms with van der Waals surface area (Å²) in [7, 11) is 1.61. The van der Waals surface area contributed by atoms with Crippen LogP contribution < -0.4 is 4.74 Å². The zero-order valence-electron chi connectivity index (χ0n) is 15.2. The number of hydrogen-bond acceptors (Lipinski definition) is 3. The molecule has 1 aliphatic carbocycles. The summed E-state index contributed by atoms with van der Waals surface area (Å²) in [6, 6.07) is 7.20. The maximum atomic E-state index is 12.8. The third-order valence-corrected chi connectivity index (χ3v) is 5.91. The summed E-state index contributed by atoms with van der Waals surface area (Å²) < 4.78 is 5.15. The zero-order chi connectivity index (χ0) is 18.1. The lowest BCUT2D eigenvalue weighted by Crippen LogP contribution is -2.32. The molecular formula is C21H27NO3. The predicted molar refractivity (Wildman–Crippen MR) is 97.7 cm³/mol. The van der Waals surface area contributed by atoms with Gasteiger partial charge in [-0.25, -0.2) is 0 Å². The van der Waals surface area contributed by atoms with Gasteiger partial charge in [0.2, 0.25) is 0 Å². The summed E-state index contributed by atoms with van der Waals surface area (Å²) in [6.45, 7) is 7.42. The minimum atomic E-state index is -0.0816. The number of Topliss-reactive ketones (excluding diaryl/α,β-unsaturated/α-hetero) is 1. The molecule has 1 heterocycles. The van der Waals surface area contributed by atoms with Gasteiger partial charge in [0.25, 0.3) is 5.91 Å². The quantitative estimate of drug-likeness (QED) is 0.675. The van der Waals surface area contributed by atoms with Gasteiger partial charge in [-0.05, 0) is 37.1 Å². The topological polar surface area (TPSA) is 46.6 Å². The van der Waals surface area contributed by atoms with Crippen LogP contribution in [0.5, 0.6) is 5.75 Å². The van der Waals surface area contributed by atoms with Crippen LogP contribution in [0.3, 0.4) is 0 Å². The average molecular weight is 341 g/mol. The Labute approximate surface area is 149 Å². The summed E-state index contributed by atoms with van der Waals surface area (Å²) in [5.74, 6) is 1.09. The van der Waals surface area contributed by atoms with Crippen LogP contribution in [0, 0.1) is 10.8 Å². The van der Waals surface area contributed by atoms with Crippen LogP contribution in [0.15, 0.2) is 36.9 Å². The van der Waals surface area contributed by atoms with Crippen LogP contribution in [0.1, 0.15) is 49.4 Å². The number of carbonyl (C=O) groups excluding carboxylic acids is 2. The number of benzene rings is 1. The van der Waals surface area contributed by atoms with Crippen LogP contribution in [0.25, 0.3) is 0 Å². The molecule has 1 aliphatic heterocycles. The van der Waals surface area contributed by atoms with Gasteiger partial charge in [-0.2, -0.15) is 0 Å². The summed E-state index contributed by atoms with van der Waals surface area (Å²) in [6.07, 6.45) is 6.16. The number of nitrogens with zero attached hydrogens (tertiary/aromatic N) is 1. The molecule has 1 aromatic carbocycles. The molecular weight excluding hydrogens is 314 g/mol. The van der Waals surface area contributed by atoms with Gasteiger partial charge in [-0.1, -0.05) is 19.4 Å². The molecule has 1 aromatic rings. The molecule has 1 amide bonds. The number of hydrogen-bond donors (Lipinski definition) is 0. The molecule has 0 N–H and O–H groups in total. The third-order valence-electron chi connectivity index (χ3n) is 5.91. The molecule has 4 nitrogen and oxygen atoms in total. The van der Waals surface area contributed by atoms with Crippen LogP contribution in [-0.2, 0) is 4.79 Å². The van der Waals surface area contributed by atoms with E-state index in [2.05, 4.69) is 13.5 Å². The van der Waals surface area contributed by atoms with Crippen LogP contribution in [-0.4, -0.2) is 36.8 Å². The van der Waals surface area contributed by atoms with E-state index in [0.717, 1.165) is 25.0 Å². The fraction of sp³-hybridized carbons (Fsp3) is 0.524. The lowest BCUT2D eigenvalue weighted by Gasteiger charge is -2.21. The standard InChI is InChI=1S/C21H27NO3/c1-4-6-7-17(23)12-21-13-20(21,5-2)14-22(15-21)19(24)16-8-10-18(25-3)11-9-16/h5,8-11H,2,4,6-7,12-15H2,1,3H3/t20-,21+/m0/s1. The number of rotatable bonds is 8. The molecule has 0 unspecified atom stereocenters. The highest BCUT2D eigenvalue weighted by molar-refractivity contribution is 5.95. The van der Waals surface area contributed by atoms with Crippen LogP contribution >= 0.6 is 0 Å². The molecule has 1 saturated heterocycles. The largest absolute Gasteiger partial charge is 0.497 e. The minimum Gasteiger partial charge on any atom is -0.497 e. The molecule has 4 heteroatoms. The zero-order valence-corrected chi connectivity index (χ0v) is 15.2. The SMILES string of the molecule is C=C[C@]12CN(C(=O)c3ccc(OC)cc3)C[C@@]1(CC(=O)CCCC)C2. The third kappa shape index (κ3) is 3.10. The Morgan fingerprint density at radius 2 is 2.00 bits per heavy atom. The Kier molecular flexibility index (Phi) is 4.72. The Morgan fingerprint density at radius 3 is 2.60 bits per heavy atom. The highest BCUT2D eigenvalue weighted by Crippen LogP contribution is 2.71. The number of amides is 1. The maximum Gasteiger partial charge on any atom is 0.253 e. The van der Waals surface area contributed by atoms with E-state index in [1.807, 2.05) is 11.0 Å². The van der Waals surface area contributed by atoms with E-state index in [-0.39, 0.29) is 16.7 Å². The number of ether oxygens (including phenoxy) is 1. The van der Waals surface area contributed by atoms with Gasteiger partial charge in [-0.3, -0.25) is 9.59 Å². The second kappa shape index (κ2) is 6.66. The van der Waals surface area contributed by atoms with Gasteiger partial charge < -0.3 is 9.64 Å². The fourth-order valence-electron chi connectivity index (χ4n) is 4.31. The van der Waals surface area contributed by atoms with E-state index >= 15 is 0 Å². The molecule has 2 atom stereocenters. The second-order valence-corrected chi connectivity index (χ2v) is 7.53. The molecule has 0 bridgehead atoms. The van der Waals surface area contributed by atoms with Crippen molar-refractivity contribution < 1.29 is 14.3 Å². The van der Waals surface area contributed by atoms with Crippen molar-refractivity contribution in [3.8, 4) is 5.75 Å². The molecule has 1 saturated carbocycles. The summed E-state index contributed by atoms with van der Waals surface area (Å²) in [5.41, 5.74) is 0.507. The van der Waals surface area contributed by atoms with Crippen LogP contribution in [0.2, 0.25) is 0 Å². The lowest BCUT2D eigenvalue weighted by molar-refractivity contribution is -0.120. The normalized spacial score (nSPS) is 26.9. The molecule has 2 fully saturated rings. The second-order valence-electron chi connectivity index (χ2n) is 7.53. The predicted octanol–water partition coefficient (Wildman–Crippen LogP) is 3.86.